The molecule has 0 aromatic carbocycles. The summed E-state index contributed by atoms with van der Waals surface area (Å²) in [6.07, 6.45) is 8.26. The smallest absolute Gasteiger partial charge is 0.171 e. The van der Waals surface area contributed by atoms with E-state index in [1.165, 1.54) is 6.08 Å². The minimum Gasteiger partial charge on any atom is -0.365 e. The van der Waals surface area contributed by atoms with E-state index in [0.29, 0.717) is 0 Å². The van der Waals surface area contributed by atoms with Crippen LogP contribution in [-0.4, -0.2) is 16.5 Å². The van der Waals surface area contributed by atoms with Gasteiger partial charge in [-0.15, -0.1) is 0 Å². The minimum atomic E-state index is -1.38. The Hall–Kier alpha value is -1.12. The second-order valence-electron chi connectivity index (χ2n) is 2.63. The van der Waals surface area contributed by atoms with Gasteiger partial charge in [0.15, 0.2) is 6.29 Å². The quantitative estimate of drug-likeness (QED) is 0.604. The van der Waals surface area contributed by atoms with Crippen LogP contribution in [0.3, 0.4) is 0 Å². The van der Waals surface area contributed by atoms with Crippen molar-refractivity contribution in [1.29, 1.82) is 0 Å². The molecule has 0 bridgehead atoms. The van der Waals surface area contributed by atoms with E-state index in [4.69, 9.17) is 10.2 Å². The van der Waals surface area contributed by atoms with Gasteiger partial charge in [0.1, 0.15) is 0 Å². The first-order valence-corrected chi connectivity index (χ1v) is 3.79. The van der Waals surface area contributed by atoms with Crippen LogP contribution < -0.4 is 0 Å². The van der Waals surface area contributed by atoms with Gasteiger partial charge in [0.05, 0.1) is 0 Å². The summed E-state index contributed by atoms with van der Waals surface area (Å²) in [4.78, 5) is 0. The zero-order valence-electron chi connectivity index (χ0n) is 6.77. The lowest BCUT2D eigenvalue weighted by Crippen LogP contribution is -1.98. The van der Waals surface area contributed by atoms with Gasteiger partial charge in [-0.2, -0.15) is 0 Å². The molecule has 1 aliphatic rings. The fourth-order valence-corrected chi connectivity index (χ4v) is 0.981. The average Bonchev–Trinajstić information content (AvgIpc) is 2.03. The Morgan fingerprint density at radius 3 is 2.83 bits per heavy atom. The van der Waals surface area contributed by atoms with Crippen LogP contribution in [0.4, 0.5) is 0 Å². The molecule has 2 N–H and O–H groups in total. The van der Waals surface area contributed by atoms with Crippen molar-refractivity contribution in [2.45, 2.75) is 12.7 Å². The van der Waals surface area contributed by atoms with Crippen LogP contribution in [0.15, 0.2) is 48.1 Å². The van der Waals surface area contributed by atoms with Crippen LogP contribution >= 0.6 is 0 Å². The van der Waals surface area contributed by atoms with E-state index in [1.54, 1.807) is 6.08 Å². The number of hydrogen-bond acceptors (Lipinski definition) is 2. The molecule has 0 aromatic heterocycles. The molecule has 0 amide bonds. The van der Waals surface area contributed by atoms with Gasteiger partial charge in [-0.3, -0.25) is 0 Å². The van der Waals surface area contributed by atoms with Crippen molar-refractivity contribution in [3.05, 3.63) is 48.1 Å². The molecule has 64 valence electrons. The van der Waals surface area contributed by atoms with Crippen molar-refractivity contribution in [1.82, 2.24) is 0 Å². The molecule has 2 heteroatoms. The van der Waals surface area contributed by atoms with Crippen molar-refractivity contribution in [3.8, 4) is 0 Å². The molecule has 1 rings (SSSR count). The first-order valence-electron chi connectivity index (χ1n) is 3.79. The summed E-state index contributed by atoms with van der Waals surface area (Å²) in [5.74, 6) is 0. The van der Waals surface area contributed by atoms with E-state index in [1.807, 2.05) is 18.2 Å². The van der Waals surface area contributed by atoms with Crippen molar-refractivity contribution >= 4 is 0 Å². The SMILES string of the molecule is C=C1CC=CC=C1C=CC(O)O. The number of hydrogen-bond donors (Lipinski definition) is 2. The molecule has 0 heterocycles. The number of aliphatic hydroxyl groups excluding tert-OH is 1. The molecule has 0 unspecified atom stereocenters. The van der Waals surface area contributed by atoms with Gasteiger partial charge in [-0.1, -0.05) is 30.9 Å². The fourth-order valence-electron chi connectivity index (χ4n) is 0.981. The third-order valence-electron chi connectivity index (χ3n) is 1.63. The van der Waals surface area contributed by atoms with E-state index in [9.17, 15) is 0 Å². The lowest BCUT2D eigenvalue weighted by atomic mass is 9.99. The van der Waals surface area contributed by atoms with Crippen LogP contribution in [0.1, 0.15) is 6.42 Å². The van der Waals surface area contributed by atoms with E-state index in [-0.39, 0.29) is 0 Å². The monoisotopic (exact) mass is 164 g/mol. The molecule has 12 heavy (non-hydrogen) atoms. The highest BCUT2D eigenvalue weighted by Gasteiger charge is 2.00. The molecular weight excluding hydrogens is 152 g/mol. The summed E-state index contributed by atoms with van der Waals surface area (Å²) in [5, 5.41) is 17.1. The van der Waals surface area contributed by atoms with E-state index in [2.05, 4.69) is 6.58 Å². The van der Waals surface area contributed by atoms with Crippen LogP contribution in [0.2, 0.25) is 0 Å². The van der Waals surface area contributed by atoms with E-state index in [0.717, 1.165) is 17.6 Å². The summed E-state index contributed by atoms with van der Waals surface area (Å²) < 4.78 is 0. The Morgan fingerprint density at radius 2 is 2.25 bits per heavy atom. The summed E-state index contributed by atoms with van der Waals surface area (Å²) in [5.41, 5.74) is 1.94. The zero-order valence-corrected chi connectivity index (χ0v) is 6.77. The minimum absolute atomic E-state index is 0.831. The van der Waals surface area contributed by atoms with Crippen molar-refractivity contribution in [2.75, 3.05) is 0 Å². The van der Waals surface area contributed by atoms with Gasteiger partial charge < -0.3 is 10.2 Å². The van der Waals surface area contributed by atoms with Crippen molar-refractivity contribution in [3.63, 3.8) is 0 Å². The van der Waals surface area contributed by atoms with Crippen molar-refractivity contribution in [2.24, 2.45) is 0 Å². The molecule has 2 nitrogen and oxygen atoms in total. The average molecular weight is 164 g/mol. The zero-order chi connectivity index (χ0) is 8.97. The van der Waals surface area contributed by atoms with Crippen molar-refractivity contribution < 1.29 is 10.2 Å². The lowest BCUT2D eigenvalue weighted by molar-refractivity contribution is 0.00235. The highest BCUT2D eigenvalue weighted by atomic mass is 16.5. The largest absolute Gasteiger partial charge is 0.365 e. The number of aliphatic hydroxyl groups is 2. The Balaban J connectivity index is 2.67. The topological polar surface area (TPSA) is 40.5 Å². The van der Waals surface area contributed by atoms with E-state index < -0.39 is 6.29 Å². The predicted octanol–water partition coefficient (Wildman–Crippen LogP) is 1.30. The van der Waals surface area contributed by atoms with Gasteiger partial charge in [0, 0.05) is 0 Å². The lowest BCUT2D eigenvalue weighted by Gasteiger charge is -2.07. The van der Waals surface area contributed by atoms with Gasteiger partial charge in [0.2, 0.25) is 0 Å². The first-order chi connectivity index (χ1) is 5.70. The van der Waals surface area contributed by atoms with Crippen LogP contribution in [0, 0.1) is 0 Å². The molecule has 1 aliphatic carbocycles. The van der Waals surface area contributed by atoms with E-state index >= 15 is 0 Å². The van der Waals surface area contributed by atoms with Gasteiger partial charge >= 0.3 is 0 Å². The molecule has 0 atom stereocenters. The standard InChI is InChI=1S/C10H12O2/c1-8-4-2-3-5-9(8)6-7-10(11)12/h2-3,5-7,10-12H,1,4H2. The maximum atomic E-state index is 8.56. The molecule has 0 radical (unpaired) electrons. The molecular formula is C10H12O2. The van der Waals surface area contributed by atoms with Crippen LogP contribution in [0.25, 0.3) is 0 Å². The Kier molecular flexibility index (Phi) is 3.02. The summed E-state index contributed by atoms with van der Waals surface area (Å²) in [6.45, 7) is 3.84. The first kappa shape index (κ1) is 8.97. The summed E-state index contributed by atoms with van der Waals surface area (Å²) in [6, 6.07) is 0. The molecule has 0 aliphatic heterocycles. The second-order valence-corrected chi connectivity index (χ2v) is 2.63. The third kappa shape index (κ3) is 2.49. The Labute approximate surface area is 71.8 Å². The molecule has 0 fully saturated rings. The summed E-state index contributed by atoms with van der Waals surface area (Å²) >= 11 is 0. The van der Waals surface area contributed by atoms with Crippen LogP contribution in [0.5, 0.6) is 0 Å². The van der Waals surface area contributed by atoms with Crippen LogP contribution in [-0.2, 0) is 0 Å². The fraction of sp³-hybridized carbons (Fsp3) is 0.200. The maximum Gasteiger partial charge on any atom is 0.171 e. The Bertz CT molecular complexity index is 257. The van der Waals surface area contributed by atoms with Gasteiger partial charge in [0.25, 0.3) is 0 Å². The van der Waals surface area contributed by atoms with Gasteiger partial charge in [-0.25, -0.2) is 0 Å². The molecule has 0 aromatic rings. The highest BCUT2D eigenvalue weighted by molar-refractivity contribution is 5.44. The number of allylic oxidation sites excluding steroid dienone is 6. The Morgan fingerprint density at radius 1 is 1.50 bits per heavy atom. The molecule has 0 spiro atoms. The number of rotatable bonds is 2. The molecule has 0 saturated carbocycles. The molecule has 0 saturated heterocycles. The maximum absolute atomic E-state index is 8.56. The third-order valence-corrected chi connectivity index (χ3v) is 1.63. The predicted molar refractivity (Wildman–Crippen MR) is 48.3 cm³/mol. The highest BCUT2D eigenvalue weighted by Crippen LogP contribution is 2.18. The summed E-state index contributed by atoms with van der Waals surface area (Å²) in [7, 11) is 0. The normalized spacial score (nSPS) is 17.6. The second kappa shape index (κ2) is 4.04. The van der Waals surface area contributed by atoms with Gasteiger partial charge in [-0.05, 0) is 23.6 Å².